The van der Waals surface area contributed by atoms with Crippen LogP contribution in [-0.4, -0.2) is 23.3 Å². The predicted octanol–water partition coefficient (Wildman–Crippen LogP) is 1.74. The first-order valence-corrected chi connectivity index (χ1v) is 4.07. The molecule has 12 heavy (non-hydrogen) atoms. The molecule has 0 saturated heterocycles. The summed E-state index contributed by atoms with van der Waals surface area (Å²) in [4.78, 5) is 0. The Kier molecular flexibility index (Phi) is 1.97. The van der Waals surface area contributed by atoms with Crippen LogP contribution in [0.4, 0.5) is 0 Å². The summed E-state index contributed by atoms with van der Waals surface area (Å²) < 4.78 is 5.15. The summed E-state index contributed by atoms with van der Waals surface area (Å²) in [5, 5.41) is 12.8. The molecule has 0 bridgehead atoms. The van der Waals surface area contributed by atoms with E-state index in [-0.39, 0.29) is 0 Å². The van der Waals surface area contributed by atoms with Crippen LogP contribution in [0.15, 0.2) is 11.8 Å². The van der Waals surface area contributed by atoms with Crippen LogP contribution in [0.3, 0.4) is 0 Å². The number of ether oxygens (including phenoxy) is 1. The Balaban J connectivity index is 3.03. The second kappa shape index (κ2) is 2.47. The van der Waals surface area contributed by atoms with Gasteiger partial charge in [-0.1, -0.05) is 0 Å². The Bertz CT molecular complexity index is 219. The molecule has 1 radical (unpaired) electrons. The van der Waals surface area contributed by atoms with Gasteiger partial charge in [0, 0.05) is 0 Å². The van der Waals surface area contributed by atoms with Gasteiger partial charge in [0.15, 0.2) is 0 Å². The largest absolute Gasteiger partial charge is 0.499 e. The molecule has 0 N–H and O–H groups in total. The molecule has 0 aromatic carbocycles. The van der Waals surface area contributed by atoms with E-state index in [0.29, 0.717) is 0 Å². The van der Waals surface area contributed by atoms with Crippen LogP contribution in [0.2, 0.25) is 0 Å². The molecule has 1 aliphatic heterocycles. The summed E-state index contributed by atoms with van der Waals surface area (Å²) in [6, 6.07) is 0. The van der Waals surface area contributed by atoms with E-state index >= 15 is 0 Å². The molecule has 1 heterocycles. The second-order valence-corrected chi connectivity index (χ2v) is 4.22. The molecule has 1 rings (SSSR count). The van der Waals surface area contributed by atoms with Gasteiger partial charge in [0.1, 0.15) is 11.3 Å². The highest BCUT2D eigenvalue weighted by Crippen LogP contribution is 2.38. The van der Waals surface area contributed by atoms with Gasteiger partial charge >= 0.3 is 0 Å². The molecule has 0 amide bonds. The van der Waals surface area contributed by atoms with Gasteiger partial charge in [-0.15, -0.1) is 10.3 Å². The highest BCUT2D eigenvalue weighted by molar-refractivity contribution is 5.24. The molecule has 0 atom stereocenters. The molecular weight excluding hydrogens is 154 g/mol. The standard InChI is InChI=1S/C9H16NO2/c1-8(2)6-7(12-5)9(3,4)10(8)11/h6H,1-5H3. The van der Waals surface area contributed by atoms with Crippen molar-refractivity contribution in [1.29, 1.82) is 0 Å². The van der Waals surface area contributed by atoms with E-state index in [4.69, 9.17) is 4.74 Å². The molecule has 3 nitrogen and oxygen atoms in total. The third kappa shape index (κ3) is 1.13. The minimum absolute atomic E-state index is 0.450. The first-order chi connectivity index (χ1) is 5.32. The predicted molar refractivity (Wildman–Crippen MR) is 45.8 cm³/mol. The smallest absolute Gasteiger partial charge is 0.116 e. The van der Waals surface area contributed by atoms with Crippen molar-refractivity contribution in [3.05, 3.63) is 11.8 Å². The molecule has 0 saturated carbocycles. The van der Waals surface area contributed by atoms with Crippen molar-refractivity contribution in [3.8, 4) is 0 Å². The van der Waals surface area contributed by atoms with Crippen molar-refractivity contribution in [3.63, 3.8) is 0 Å². The highest BCUT2D eigenvalue weighted by atomic mass is 16.5. The minimum atomic E-state index is -0.530. The number of methoxy groups -OCH3 is 1. The maximum absolute atomic E-state index is 11.7. The van der Waals surface area contributed by atoms with Gasteiger partial charge in [0.25, 0.3) is 0 Å². The summed E-state index contributed by atoms with van der Waals surface area (Å²) >= 11 is 0. The first kappa shape index (κ1) is 9.55. The zero-order chi connectivity index (χ0) is 9.57. The topological polar surface area (TPSA) is 32.4 Å². The Morgan fingerprint density at radius 2 is 1.83 bits per heavy atom. The van der Waals surface area contributed by atoms with Crippen LogP contribution >= 0.6 is 0 Å². The average Bonchev–Trinajstić information content (AvgIpc) is 2.11. The average molecular weight is 170 g/mol. The number of hydrogen-bond donors (Lipinski definition) is 0. The Morgan fingerprint density at radius 1 is 1.33 bits per heavy atom. The fourth-order valence-electron chi connectivity index (χ4n) is 1.69. The van der Waals surface area contributed by atoms with Gasteiger partial charge in [-0.05, 0) is 33.8 Å². The Hall–Kier alpha value is -0.540. The molecule has 0 aliphatic carbocycles. The van der Waals surface area contributed by atoms with Gasteiger partial charge in [0.2, 0.25) is 0 Å². The van der Waals surface area contributed by atoms with Crippen LogP contribution in [-0.2, 0) is 9.94 Å². The van der Waals surface area contributed by atoms with E-state index in [1.807, 2.05) is 33.8 Å². The monoisotopic (exact) mass is 170 g/mol. The lowest BCUT2D eigenvalue weighted by atomic mass is 10.1. The molecule has 0 aromatic heterocycles. The summed E-state index contributed by atoms with van der Waals surface area (Å²) in [6.45, 7) is 7.50. The third-order valence-corrected chi connectivity index (χ3v) is 2.34. The van der Waals surface area contributed by atoms with E-state index < -0.39 is 11.1 Å². The quantitative estimate of drug-likeness (QED) is 0.600. The highest BCUT2D eigenvalue weighted by Gasteiger charge is 2.47. The molecular formula is C9H16NO2. The van der Waals surface area contributed by atoms with Gasteiger partial charge in [-0.25, -0.2) is 0 Å². The number of hydroxylamine groups is 2. The van der Waals surface area contributed by atoms with Crippen LogP contribution in [0.25, 0.3) is 0 Å². The Morgan fingerprint density at radius 3 is 2.00 bits per heavy atom. The summed E-state index contributed by atoms with van der Waals surface area (Å²) in [5.74, 6) is 0.752. The van der Waals surface area contributed by atoms with Crippen molar-refractivity contribution in [2.75, 3.05) is 7.11 Å². The fraction of sp³-hybridized carbons (Fsp3) is 0.778. The molecule has 0 fully saturated rings. The summed E-state index contributed by atoms with van der Waals surface area (Å²) in [5.41, 5.74) is -0.979. The Labute approximate surface area is 73.6 Å². The maximum Gasteiger partial charge on any atom is 0.116 e. The van der Waals surface area contributed by atoms with E-state index in [9.17, 15) is 5.21 Å². The van der Waals surface area contributed by atoms with Crippen molar-refractivity contribution in [2.45, 2.75) is 38.8 Å². The van der Waals surface area contributed by atoms with E-state index in [0.717, 1.165) is 10.8 Å². The van der Waals surface area contributed by atoms with Crippen molar-refractivity contribution in [2.24, 2.45) is 0 Å². The van der Waals surface area contributed by atoms with E-state index in [1.165, 1.54) is 0 Å². The SMILES string of the molecule is COC1=CC(C)(C)N([O])C1(C)C. The summed E-state index contributed by atoms with van der Waals surface area (Å²) in [7, 11) is 1.60. The van der Waals surface area contributed by atoms with E-state index in [1.54, 1.807) is 7.11 Å². The molecule has 0 unspecified atom stereocenters. The summed E-state index contributed by atoms with van der Waals surface area (Å²) in [6.07, 6.45) is 1.88. The van der Waals surface area contributed by atoms with Gasteiger partial charge in [0.05, 0.1) is 12.6 Å². The lowest BCUT2D eigenvalue weighted by Gasteiger charge is -2.32. The van der Waals surface area contributed by atoms with Gasteiger partial charge in [-0.2, -0.15) is 0 Å². The maximum atomic E-state index is 11.7. The van der Waals surface area contributed by atoms with Crippen LogP contribution < -0.4 is 0 Å². The van der Waals surface area contributed by atoms with Crippen LogP contribution in [0.1, 0.15) is 27.7 Å². The normalized spacial score (nSPS) is 27.0. The zero-order valence-corrected chi connectivity index (χ0v) is 8.34. The second-order valence-electron chi connectivity index (χ2n) is 4.22. The first-order valence-electron chi connectivity index (χ1n) is 4.07. The lowest BCUT2D eigenvalue weighted by Crippen LogP contribution is -2.46. The zero-order valence-electron chi connectivity index (χ0n) is 8.34. The number of hydrogen-bond acceptors (Lipinski definition) is 2. The van der Waals surface area contributed by atoms with Crippen molar-refractivity contribution < 1.29 is 9.94 Å². The van der Waals surface area contributed by atoms with Crippen LogP contribution in [0.5, 0.6) is 0 Å². The molecule has 1 aliphatic rings. The fourth-order valence-corrected chi connectivity index (χ4v) is 1.69. The van der Waals surface area contributed by atoms with Gasteiger partial charge in [-0.3, -0.25) is 0 Å². The molecule has 0 spiro atoms. The number of rotatable bonds is 1. The molecule has 0 aromatic rings. The number of nitrogens with zero attached hydrogens (tertiary/aromatic N) is 1. The van der Waals surface area contributed by atoms with Crippen LogP contribution in [0, 0.1) is 0 Å². The van der Waals surface area contributed by atoms with E-state index in [2.05, 4.69) is 0 Å². The van der Waals surface area contributed by atoms with Crippen molar-refractivity contribution >= 4 is 0 Å². The lowest BCUT2D eigenvalue weighted by molar-refractivity contribution is -0.243. The third-order valence-electron chi connectivity index (χ3n) is 2.34. The van der Waals surface area contributed by atoms with Crippen molar-refractivity contribution in [1.82, 2.24) is 5.06 Å². The molecule has 69 valence electrons. The van der Waals surface area contributed by atoms with Gasteiger partial charge < -0.3 is 4.74 Å². The molecule has 3 heteroatoms. The minimum Gasteiger partial charge on any atom is -0.499 e.